The predicted octanol–water partition coefficient (Wildman–Crippen LogP) is 3.08. The van der Waals surface area contributed by atoms with Gasteiger partial charge in [-0.2, -0.15) is 0 Å². The molecule has 1 aromatic carbocycles. The molecule has 1 heterocycles. The molecule has 0 spiro atoms. The molecular weight excluding hydrogens is 234 g/mol. The van der Waals surface area contributed by atoms with E-state index in [1.54, 1.807) is 0 Å². The molecule has 0 aromatic heterocycles. The lowest BCUT2D eigenvalue weighted by atomic mass is 9.52. The number of benzene rings is 1. The molecule has 3 aliphatic rings. The van der Waals surface area contributed by atoms with Crippen molar-refractivity contribution in [2.75, 3.05) is 13.6 Å². The van der Waals surface area contributed by atoms with Gasteiger partial charge < -0.3 is 10.0 Å². The molecule has 102 valence electrons. The molecule has 0 amide bonds. The van der Waals surface area contributed by atoms with Crippen LogP contribution in [0.2, 0.25) is 0 Å². The average molecular weight is 257 g/mol. The highest BCUT2D eigenvalue weighted by atomic mass is 16.3. The third-order valence-corrected chi connectivity index (χ3v) is 6.13. The summed E-state index contributed by atoms with van der Waals surface area (Å²) >= 11 is 0. The zero-order chi connectivity index (χ0) is 13.0. The van der Waals surface area contributed by atoms with Crippen molar-refractivity contribution < 1.29 is 5.11 Å². The molecule has 1 aromatic rings. The van der Waals surface area contributed by atoms with Gasteiger partial charge >= 0.3 is 0 Å². The zero-order valence-electron chi connectivity index (χ0n) is 11.7. The molecule has 1 N–H and O–H groups in total. The van der Waals surface area contributed by atoms with Gasteiger partial charge in [0.2, 0.25) is 0 Å². The lowest BCUT2D eigenvalue weighted by Crippen LogP contribution is -2.59. The van der Waals surface area contributed by atoms with Crippen LogP contribution >= 0.6 is 0 Å². The van der Waals surface area contributed by atoms with Crippen LogP contribution in [0.5, 0.6) is 5.75 Å². The molecule has 1 saturated carbocycles. The lowest BCUT2D eigenvalue weighted by molar-refractivity contribution is -0.00760. The van der Waals surface area contributed by atoms with Crippen molar-refractivity contribution in [3.8, 4) is 5.75 Å². The molecule has 3 atom stereocenters. The highest BCUT2D eigenvalue weighted by Crippen LogP contribution is 2.55. The first-order valence-electron chi connectivity index (χ1n) is 7.73. The Bertz CT molecular complexity index is 512. The second kappa shape index (κ2) is 3.99. The van der Waals surface area contributed by atoms with Crippen LogP contribution in [0.25, 0.3) is 0 Å². The van der Waals surface area contributed by atoms with Crippen molar-refractivity contribution in [3.63, 3.8) is 0 Å². The number of likely N-dealkylation sites (tertiary alicyclic amines) is 1. The monoisotopic (exact) mass is 257 g/mol. The van der Waals surface area contributed by atoms with E-state index in [2.05, 4.69) is 24.1 Å². The van der Waals surface area contributed by atoms with Gasteiger partial charge in [-0.3, -0.25) is 0 Å². The van der Waals surface area contributed by atoms with Gasteiger partial charge in [0.25, 0.3) is 0 Å². The second-order valence-corrected chi connectivity index (χ2v) is 6.83. The quantitative estimate of drug-likeness (QED) is 0.772. The van der Waals surface area contributed by atoms with Crippen molar-refractivity contribution >= 4 is 0 Å². The highest BCUT2D eigenvalue weighted by molar-refractivity contribution is 5.44. The number of hydrogen-bond donors (Lipinski definition) is 1. The Kier molecular flexibility index (Phi) is 2.47. The summed E-state index contributed by atoms with van der Waals surface area (Å²) in [6.07, 6.45) is 7.87. The first-order chi connectivity index (χ1) is 9.21. The van der Waals surface area contributed by atoms with E-state index in [-0.39, 0.29) is 0 Å². The third-order valence-electron chi connectivity index (χ3n) is 6.13. The summed E-state index contributed by atoms with van der Waals surface area (Å²) in [5.74, 6) is 1.27. The molecule has 2 bridgehead atoms. The average Bonchev–Trinajstić information content (AvgIpc) is 2.42. The fourth-order valence-electron chi connectivity index (χ4n) is 5.26. The number of piperidine rings is 1. The van der Waals surface area contributed by atoms with E-state index in [1.165, 1.54) is 56.2 Å². The van der Waals surface area contributed by atoms with E-state index in [9.17, 15) is 5.11 Å². The van der Waals surface area contributed by atoms with Gasteiger partial charge in [-0.05, 0) is 74.9 Å². The van der Waals surface area contributed by atoms with Crippen molar-refractivity contribution in [2.24, 2.45) is 5.92 Å². The molecule has 2 aliphatic carbocycles. The number of aryl methyl sites for hydroxylation is 1. The Balaban J connectivity index is 1.87. The molecule has 2 fully saturated rings. The maximum Gasteiger partial charge on any atom is 0.115 e. The summed E-state index contributed by atoms with van der Waals surface area (Å²) in [6, 6.07) is 6.88. The van der Waals surface area contributed by atoms with Crippen molar-refractivity contribution in [1.29, 1.82) is 0 Å². The van der Waals surface area contributed by atoms with Crippen molar-refractivity contribution in [1.82, 2.24) is 4.90 Å². The van der Waals surface area contributed by atoms with Gasteiger partial charge in [-0.25, -0.2) is 0 Å². The number of aromatic hydroxyl groups is 1. The highest BCUT2D eigenvalue weighted by Gasteiger charge is 2.52. The summed E-state index contributed by atoms with van der Waals surface area (Å²) in [6.45, 7) is 1.22. The molecule has 0 radical (unpaired) electrons. The van der Waals surface area contributed by atoms with Crippen LogP contribution in [0.3, 0.4) is 0 Å². The molecule has 1 saturated heterocycles. The first kappa shape index (κ1) is 11.8. The van der Waals surface area contributed by atoms with E-state index in [1.807, 2.05) is 6.07 Å². The predicted molar refractivity (Wildman–Crippen MR) is 76.5 cm³/mol. The fraction of sp³-hybridized carbons (Fsp3) is 0.647. The summed E-state index contributed by atoms with van der Waals surface area (Å²) in [5, 5.41) is 9.91. The van der Waals surface area contributed by atoms with Crippen LogP contribution in [-0.4, -0.2) is 29.6 Å². The molecule has 1 aliphatic heterocycles. The van der Waals surface area contributed by atoms with Gasteiger partial charge in [-0.15, -0.1) is 0 Å². The summed E-state index contributed by atoms with van der Waals surface area (Å²) in [4.78, 5) is 2.59. The lowest BCUT2D eigenvalue weighted by Gasteiger charge is -2.58. The normalized spacial score (nSPS) is 37.5. The zero-order valence-corrected chi connectivity index (χ0v) is 11.7. The molecule has 0 unspecified atom stereocenters. The number of fused-ring (bicyclic) bond motifs is 1. The number of phenols is 1. The van der Waals surface area contributed by atoms with Gasteiger partial charge in [0.1, 0.15) is 5.75 Å². The summed E-state index contributed by atoms with van der Waals surface area (Å²) < 4.78 is 0. The summed E-state index contributed by atoms with van der Waals surface area (Å²) in [7, 11) is 2.30. The molecule has 19 heavy (non-hydrogen) atoms. The van der Waals surface area contributed by atoms with Crippen LogP contribution in [-0.2, 0) is 11.8 Å². The maximum atomic E-state index is 9.91. The smallest absolute Gasteiger partial charge is 0.115 e. The van der Waals surface area contributed by atoms with Gasteiger partial charge in [0.15, 0.2) is 0 Å². The van der Waals surface area contributed by atoms with Crippen molar-refractivity contribution in [2.45, 2.75) is 50.0 Å². The molecule has 2 heteroatoms. The number of rotatable bonds is 0. The SMILES string of the molecule is CN1CC[C@]23CCC[C@H]1[C@H]2CCc1ccc(O)cc13. The Morgan fingerprint density at radius 2 is 2.16 bits per heavy atom. The molecular formula is C17H23NO. The standard InChI is InChI=1S/C17H23NO/c1-18-10-9-17-8-2-3-16(18)14(17)7-5-12-4-6-13(19)11-15(12)17/h4,6,11,14,16,19H,2-3,5,7-10H2,1H3/t14-,16+,17-/m1/s1. The number of nitrogens with zero attached hydrogens (tertiary/aromatic N) is 1. The maximum absolute atomic E-state index is 9.91. The third kappa shape index (κ3) is 1.53. The van der Waals surface area contributed by atoms with Crippen LogP contribution in [0.1, 0.15) is 43.2 Å². The molecule has 2 nitrogen and oxygen atoms in total. The second-order valence-electron chi connectivity index (χ2n) is 6.83. The number of hydrogen-bond acceptors (Lipinski definition) is 2. The van der Waals surface area contributed by atoms with E-state index >= 15 is 0 Å². The first-order valence-corrected chi connectivity index (χ1v) is 7.73. The van der Waals surface area contributed by atoms with Gasteiger partial charge in [0, 0.05) is 11.5 Å². The van der Waals surface area contributed by atoms with E-state index in [4.69, 9.17) is 0 Å². The van der Waals surface area contributed by atoms with Crippen LogP contribution in [0, 0.1) is 5.92 Å². The summed E-state index contributed by atoms with van der Waals surface area (Å²) in [5.41, 5.74) is 3.36. The van der Waals surface area contributed by atoms with Crippen LogP contribution < -0.4 is 0 Å². The topological polar surface area (TPSA) is 23.5 Å². The fourth-order valence-corrected chi connectivity index (χ4v) is 5.26. The van der Waals surface area contributed by atoms with Crippen LogP contribution in [0.15, 0.2) is 18.2 Å². The minimum absolute atomic E-state index is 0.377. The molecule has 4 rings (SSSR count). The van der Waals surface area contributed by atoms with E-state index in [0.29, 0.717) is 11.2 Å². The minimum Gasteiger partial charge on any atom is -0.508 e. The van der Waals surface area contributed by atoms with Crippen LogP contribution in [0.4, 0.5) is 0 Å². The van der Waals surface area contributed by atoms with Crippen molar-refractivity contribution in [3.05, 3.63) is 29.3 Å². The Labute approximate surface area is 115 Å². The Hall–Kier alpha value is -1.02. The van der Waals surface area contributed by atoms with E-state index < -0.39 is 0 Å². The number of phenolic OH excluding ortho intramolecular Hbond substituents is 1. The largest absolute Gasteiger partial charge is 0.508 e. The Morgan fingerprint density at radius 1 is 1.26 bits per heavy atom. The van der Waals surface area contributed by atoms with Gasteiger partial charge in [-0.1, -0.05) is 12.5 Å². The van der Waals surface area contributed by atoms with E-state index in [0.717, 1.165) is 12.0 Å². The minimum atomic E-state index is 0.377. The Morgan fingerprint density at radius 3 is 3.05 bits per heavy atom. The van der Waals surface area contributed by atoms with Gasteiger partial charge in [0.05, 0.1) is 0 Å².